The van der Waals surface area contributed by atoms with E-state index in [4.69, 9.17) is 18.9 Å². The number of hydrogen-bond donors (Lipinski definition) is 1. The second-order valence-electron chi connectivity index (χ2n) is 11.0. The summed E-state index contributed by atoms with van der Waals surface area (Å²) >= 11 is 0. The highest BCUT2D eigenvalue weighted by atomic mass is 19.4. The van der Waals surface area contributed by atoms with Gasteiger partial charge in [0.2, 0.25) is 0 Å². The number of urea groups is 1. The van der Waals surface area contributed by atoms with Crippen LogP contribution in [0.3, 0.4) is 0 Å². The Kier molecular flexibility index (Phi) is 11.8. The lowest BCUT2D eigenvalue weighted by Crippen LogP contribution is -2.49. The first-order chi connectivity index (χ1) is 21.6. The third-order valence-corrected chi connectivity index (χ3v) is 7.66. The normalized spacial score (nSPS) is 14.1. The molecule has 0 radical (unpaired) electrons. The van der Waals surface area contributed by atoms with Crippen LogP contribution in [0.5, 0.6) is 23.0 Å². The van der Waals surface area contributed by atoms with Crippen molar-refractivity contribution >= 4 is 6.03 Å². The summed E-state index contributed by atoms with van der Waals surface area (Å²) in [6, 6.07) is 14.5. The summed E-state index contributed by atoms with van der Waals surface area (Å²) in [5, 5.41) is 3.08. The zero-order valence-electron chi connectivity index (χ0n) is 26.2. The van der Waals surface area contributed by atoms with Gasteiger partial charge in [-0.1, -0.05) is 18.2 Å². The summed E-state index contributed by atoms with van der Waals surface area (Å²) in [6.07, 6.45) is -1.33. The van der Waals surface area contributed by atoms with Crippen LogP contribution in [-0.2, 0) is 19.7 Å². The van der Waals surface area contributed by atoms with E-state index < -0.39 is 12.8 Å². The van der Waals surface area contributed by atoms with Gasteiger partial charge in [0, 0.05) is 30.9 Å². The van der Waals surface area contributed by atoms with Crippen molar-refractivity contribution in [2.75, 3.05) is 40.5 Å². The molecule has 0 spiro atoms. The molecule has 0 unspecified atom stereocenters. The fourth-order valence-electron chi connectivity index (χ4n) is 5.12. The molecular formula is C33H41F3N4O5. The number of carbonyl (C=O) groups is 1. The van der Waals surface area contributed by atoms with Crippen molar-refractivity contribution < 1.29 is 36.9 Å². The van der Waals surface area contributed by atoms with Crippen LogP contribution in [0.4, 0.5) is 18.0 Å². The number of alkyl halides is 3. The van der Waals surface area contributed by atoms with Crippen LogP contribution >= 0.6 is 0 Å². The second-order valence-corrected chi connectivity index (χ2v) is 11.0. The number of likely N-dealkylation sites (tertiary alicyclic amines) is 1. The molecule has 1 N–H and O–H groups in total. The van der Waals surface area contributed by atoms with Gasteiger partial charge in [-0.25, -0.2) is 4.79 Å². The number of amides is 2. The van der Waals surface area contributed by atoms with E-state index in [1.165, 1.54) is 19.4 Å². The van der Waals surface area contributed by atoms with E-state index in [2.05, 4.69) is 22.2 Å². The minimum Gasteiger partial charge on any atom is -0.494 e. The van der Waals surface area contributed by atoms with Gasteiger partial charge in [0.05, 0.1) is 19.4 Å². The number of nitrogens with one attached hydrogen (secondary N) is 1. The van der Waals surface area contributed by atoms with Gasteiger partial charge in [-0.2, -0.15) is 13.2 Å². The van der Waals surface area contributed by atoms with E-state index in [-0.39, 0.29) is 24.4 Å². The molecule has 0 saturated carbocycles. The van der Waals surface area contributed by atoms with Crippen molar-refractivity contribution in [3.63, 3.8) is 0 Å². The minimum absolute atomic E-state index is 0.000426. The molecule has 0 atom stereocenters. The Labute approximate surface area is 262 Å². The quantitative estimate of drug-likeness (QED) is 0.244. The fourth-order valence-corrected chi connectivity index (χ4v) is 5.12. The van der Waals surface area contributed by atoms with Crippen molar-refractivity contribution in [1.82, 2.24) is 20.1 Å². The molecule has 1 saturated heterocycles. The first kappa shape index (κ1) is 33.7. The van der Waals surface area contributed by atoms with Gasteiger partial charge in [0.25, 0.3) is 0 Å². The van der Waals surface area contributed by atoms with Crippen LogP contribution in [-0.4, -0.2) is 73.5 Å². The molecule has 4 rings (SSSR count). The maximum atomic E-state index is 13.6. The zero-order valence-corrected chi connectivity index (χ0v) is 26.2. The lowest BCUT2D eigenvalue weighted by atomic mass is 10.0. The van der Waals surface area contributed by atoms with Gasteiger partial charge in [-0.15, -0.1) is 0 Å². The summed E-state index contributed by atoms with van der Waals surface area (Å²) in [5.74, 6) is 1.79. The monoisotopic (exact) mass is 630 g/mol. The fraction of sp³-hybridized carbons (Fsp3) is 0.455. The lowest BCUT2D eigenvalue weighted by molar-refractivity contribution is -0.153. The second kappa shape index (κ2) is 15.7. The van der Waals surface area contributed by atoms with Crippen LogP contribution in [0.1, 0.15) is 42.1 Å². The number of nitrogens with zero attached hydrogens (tertiary/aromatic N) is 3. The van der Waals surface area contributed by atoms with Crippen molar-refractivity contribution in [3.05, 3.63) is 77.1 Å². The third-order valence-electron chi connectivity index (χ3n) is 7.66. The molecule has 45 heavy (non-hydrogen) atoms. The standard InChI is InChI=1S/C33H41F3N4O5/c1-5-43-27-9-6-24(7-10-27)19-38-32(41)40(26-13-16-39(3)17-14-26)20-25-8-11-30(31(18-25)42-4)44-21-28-23(2)29(12-15-37-28)45-22-33(34,35)36/h6-12,15,18,26H,5,13-14,16-17,19-22H2,1-4H3,(H,38,41). The molecule has 12 heteroatoms. The highest BCUT2D eigenvalue weighted by Crippen LogP contribution is 2.31. The first-order valence-corrected chi connectivity index (χ1v) is 14.9. The minimum atomic E-state index is -4.44. The first-order valence-electron chi connectivity index (χ1n) is 14.9. The number of rotatable bonds is 13. The molecule has 2 aromatic carbocycles. The Morgan fingerprint density at radius 3 is 2.38 bits per heavy atom. The summed E-state index contributed by atoms with van der Waals surface area (Å²) in [4.78, 5) is 22.0. The Hall–Kier alpha value is -4.19. The molecule has 2 heterocycles. The van der Waals surface area contributed by atoms with E-state index in [0.29, 0.717) is 42.5 Å². The Morgan fingerprint density at radius 2 is 1.71 bits per heavy atom. The van der Waals surface area contributed by atoms with Gasteiger partial charge in [0.1, 0.15) is 18.1 Å². The van der Waals surface area contributed by atoms with Crippen LogP contribution in [0.25, 0.3) is 0 Å². The van der Waals surface area contributed by atoms with Crippen molar-refractivity contribution in [2.24, 2.45) is 0 Å². The molecule has 1 aromatic heterocycles. The van der Waals surface area contributed by atoms with E-state index >= 15 is 0 Å². The molecule has 3 aromatic rings. The Bertz CT molecular complexity index is 1400. The molecule has 0 aliphatic carbocycles. The van der Waals surface area contributed by atoms with Gasteiger partial charge in [-0.05, 0) is 88.3 Å². The van der Waals surface area contributed by atoms with Crippen LogP contribution in [0.15, 0.2) is 54.7 Å². The molecule has 1 fully saturated rings. The Morgan fingerprint density at radius 1 is 1.00 bits per heavy atom. The SMILES string of the molecule is CCOc1ccc(CNC(=O)N(Cc2ccc(OCc3nccc(OCC(F)(F)F)c3C)c(OC)c2)C2CCN(C)CC2)cc1. The Balaban J connectivity index is 1.44. The number of carbonyl (C=O) groups excluding carboxylic acids is 1. The zero-order chi connectivity index (χ0) is 32.4. The van der Waals surface area contributed by atoms with E-state index in [9.17, 15) is 18.0 Å². The average Bonchev–Trinajstić information content (AvgIpc) is 3.02. The van der Waals surface area contributed by atoms with E-state index in [0.717, 1.165) is 42.8 Å². The van der Waals surface area contributed by atoms with E-state index in [1.807, 2.05) is 48.2 Å². The maximum Gasteiger partial charge on any atom is 0.422 e. The third kappa shape index (κ3) is 9.90. The summed E-state index contributed by atoms with van der Waals surface area (Å²) in [6.45, 7) is 5.34. The molecule has 1 aliphatic rings. The van der Waals surface area contributed by atoms with Crippen molar-refractivity contribution in [3.8, 4) is 23.0 Å². The summed E-state index contributed by atoms with van der Waals surface area (Å²) in [5.41, 5.74) is 2.74. The van der Waals surface area contributed by atoms with Crippen LogP contribution < -0.4 is 24.3 Å². The number of piperidine rings is 1. The highest BCUT2D eigenvalue weighted by molar-refractivity contribution is 5.74. The number of hydrogen-bond acceptors (Lipinski definition) is 7. The molecular weight excluding hydrogens is 589 g/mol. The molecule has 9 nitrogen and oxygen atoms in total. The highest BCUT2D eigenvalue weighted by Gasteiger charge is 2.29. The number of pyridine rings is 1. The maximum absolute atomic E-state index is 13.6. The average molecular weight is 631 g/mol. The smallest absolute Gasteiger partial charge is 0.422 e. The van der Waals surface area contributed by atoms with E-state index in [1.54, 1.807) is 13.0 Å². The van der Waals surface area contributed by atoms with Crippen molar-refractivity contribution in [1.29, 1.82) is 0 Å². The molecule has 0 bridgehead atoms. The van der Waals surface area contributed by atoms with Gasteiger partial charge in [-0.3, -0.25) is 4.98 Å². The number of methoxy groups -OCH3 is 1. The largest absolute Gasteiger partial charge is 0.494 e. The molecule has 2 amide bonds. The lowest BCUT2D eigenvalue weighted by Gasteiger charge is -2.37. The van der Waals surface area contributed by atoms with Crippen LogP contribution in [0.2, 0.25) is 0 Å². The predicted octanol–water partition coefficient (Wildman–Crippen LogP) is 6.12. The summed E-state index contributed by atoms with van der Waals surface area (Å²) in [7, 11) is 3.61. The van der Waals surface area contributed by atoms with Crippen LogP contribution in [0, 0.1) is 6.92 Å². The van der Waals surface area contributed by atoms with Gasteiger partial charge < -0.3 is 34.1 Å². The predicted molar refractivity (Wildman–Crippen MR) is 164 cm³/mol. The summed E-state index contributed by atoms with van der Waals surface area (Å²) < 4.78 is 59.9. The number of halogens is 3. The number of ether oxygens (including phenoxy) is 4. The number of benzene rings is 2. The van der Waals surface area contributed by atoms with Crippen molar-refractivity contribution in [2.45, 2.75) is 58.6 Å². The topological polar surface area (TPSA) is 85.4 Å². The van der Waals surface area contributed by atoms with Gasteiger partial charge in [0.15, 0.2) is 18.1 Å². The number of aromatic nitrogens is 1. The van der Waals surface area contributed by atoms with Gasteiger partial charge >= 0.3 is 12.2 Å². The molecule has 244 valence electrons. The molecule has 1 aliphatic heterocycles.